The second-order valence-corrected chi connectivity index (χ2v) is 5.61. The van der Waals surface area contributed by atoms with Crippen molar-refractivity contribution in [1.29, 1.82) is 0 Å². The van der Waals surface area contributed by atoms with Crippen LogP contribution in [0.2, 0.25) is 0 Å². The minimum Gasteiger partial charge on any atom is -0.497 e. The number of nitrogens with zero attached hydrogens (tertiary/aromatic N) is 3. The fourth-order valence-electron chi connectivity index (χ4n) is 2.69. The highest BCUT2D eigenvalue weighted by atomic mass is 19.1. The van der Waals surface area contributed by atoms with Gasteiger partial charge in [-0.15, -0.1) is 0 Å². The lowest BCUT2D eigenvalue weighted by atomic mass is 9.95. The molecule has 0 saturated heterocycles. The van der Waals surface area contributed by atoms with Crippen LogP contribution in [-0.4, -0.2) is 27.0 Å². The Morgan fingerprint density at radius 2 is 1.92 bits per heavy atom. The molecule has 1 N–H and O–H groups in total. The van der Waals surface area contributed by atoms with Gasteiger partial charge in [0.2, 0.25) is 0 Å². The Hall–Kier alpha value is -2.80. The molecule has 5 nitrogen and oxygen atoms in total. The predicted molar refractivity (Wildman–Crippen MR) is 87.1 cm³/mol. The van der Waals surface area contributed by atoms with E-state index < -0.39 is 23.8 Å². The second kappa shape index (κ2) is 7.40. The molecule has 1 aromatic heterocycles. The normalized spacial score (nSPS) is 13.4. The summed E-state index contributed by atoms with van der Waals surface area (Å²) < 4.78 is 33.8. The number of hydrogen-bond acceptors (Lipinski definition) is 4. The lowest BCUT2D eigenvalue weighted by Gasteiger charge is -2.24. The molecule has 0 spiro atoms. The largest absolute Gasteiger partial charge is 0.497 e. The van der Waals surface area contributed by atoms with Crippen LogP contribution in [0.4, 0.5) is 8.78 Å². The lowest BCUT2D eigenvalue weighted by Crippen LogP contribution is -2.22. The third kappa shape index (κ3) is 3.83. The molecule has 25 heavy (non-hydrogen) atoms. The summed E-state index contributed by atoms with van der Waals surface area (Å²) in [4.78, 5) is 3.89. The Morgan fingerprint density at radius 3 is 2.52 bits per heavy atom. The van der Waals surface area contributed by atoms with Crippen LogP contribution in [0.3, 0.4) is 0 Å². The van der Waals surface area contributed by atoms with Crippen LogP contribution in [-0.2, 0) is 6.42 Å². The highest BCUT2D eigenvalue weighted by Crippen LogP contribution is 2.31. The fourth-order valence-corrected chi connectivity index (χ4v) is 2.69. The summed E-state index contributed by atoms with van der Waals surface area (Å²) in [5.74, 6) is -0.778. The summed E-state index contributed by atoms with van der Waals surface area (Å²) in [6.07, 6.45) is 1.96. The van der Waals surface area contributed by atoms with E-state index in [-0.39, 0.29) is 5.56 Å². The molecule has 2 atom stereocenters. The number of aliphatic hydroxyl groups excluding tert-OH is 1. The van der Waals surface area contributed by atoms with Gasteiger partial charge in [-0.05, 0) is 30.2 Å². The van der Waals surface area contributed by atoms with Crippen molar-refractivity contribution in [3.05, 3.63) is 77.9 Å². The number of rotatable bonds is 6. The number of aromatic nitrogens is 3. The first-order valence-corrected chi connectivity index (χ1v) is 7.68. The van der Waals surface area contributed by atoms with Gasteiger partial charge in [0.25, 0.3) is 0 Å². The number of ether oxygens (including phenoxy) is 1. The summed E-state index contributed by atoms with van der Waals surface area (Å²) >= 11 is 0. The molecule has 130 valence electrons. The molecule has 0 amide bonds. The molecule has 0 aliphatic carbocycles. The smallest absolute Gasteiger partial charge is 0.137 e. The Balaban J connectivity index is 1.91. The monoisotopic (exact) mass is 345 g/mol. The van der Waals surface area contributed by atoms with Crippen molar-refractivity contribution in [2.24, 2.45) is 0 Å². The quantitative estimate of drug-likeness (QED) is 0.746. The van der Waals surface area contributed by atoms with E-state index in [2.05, 4.69) is 10.1 Å². The van der Waals surface area contributed by atoms with E-state index in [1.54, 1.807) is 19.2 Å². The molecular formula is C18H17F2N3O2. The minimum atomic E-state index is -1.22. The van der Waals surface area contributed by atoms with Crippen LogP contribution >= 0.6 is 0 Å². The van der Waals surface area contributed by atoms with Gasteiger partial charge >= 0.3 is 0 Å². The molecule has 0 radical (unpaired) electrons. The maximum absolute atomic E-state index is 14.1. The van der Waals surface area contributed by atoms with E-state index in [0.29, 0.717) is 12.2 Å². The van der Waals surface area contributed by atoms with Crippen molar-refractivity contribution in [2.75, 3.05) is 7.11 Å². The van der Waals surface area contributed by atoms with Gasteiger partial charge in [0.15, 0.2) is 0 Å². The first-order chi connectivity index (χ1) is 12.1. The van der Waals surface area contributed by atoms with Crippen molar-refractivity contribution in [1.82, 2.24) is 14.8 Å². The SMILES string of the molecule is COc1ccc(CC(C(O)c2ccc(F)cc2F)n2cncn2)cc1. The lowest BCUT2D eigenvalue weighted by molar-refractivity contribution is 0.102. The summed E-state index contributed by atoms with van der Waals surface area (Å²) in [5, 5.41) is 14.8. The Bertz CT molecular complexity index is 823. The molecule has 0 fully saturated rings. The highest BCUT2D eigenvalue weighted by Gasteiger charge is 2.26. The standard InChI is InChI=1S/C18H17F2N3O2/c1-25-14-5-2-12(3-6-14)8-17(23-11-21-10-22-23)18(24)15-7-4-13(19)9-16(15)20/h2-7,9-11,17-18,24H,8H2,1H3. The molecule has 7 heteroatoms. The van der Waals surface area contributed by atoms with Crippen molar-refractivity contribution >= 4 is 0 Å². The number of methoxy groups -OCH3 is 1. The Morgan fingerprint density at radius 1 is 1.16 bits per heavy atom. The van der Waals surface area contributed by atoms with E-state index in [1.165, 1.54) is 23.4 Å². The van der Waals surface area contributed by atoms with Gasteiger partial charge in [0.1, 0.15) is 36.1 Å². The van der Waals surface area contributed by atoms with Crippen LogP contribution in [0.1, 0.15) is 23.3 Å². The molecule has 0 bridgehead atoms. The van der Waals surface area contributed by atoms with E-state index in [9.17, 15) is 13.9 Å². The van der Waals surface area contributed by atoms with Gasteiger partial charge < -0.3 is 9.84 Å². The molecule has 0 saturated carbocycles. The van der Waals surface area contributed by atoms with Gasteiger partial charge in [-0.3, -0.25) is 0 Å². The fraction of sp³-hybridized carbons (Fsp3) is 0.222. The van der Waals surface area contributed by atoms with Crippen LogP contribution in [0.25, 0.3) is 0 Å². The molecule has 2 aromatic carbocycles. The molecular weight excluding hydrogens is 328 g/mol. The van der Waals surface area contributed by atoms with Crippen molar-refractivity contribution in [3.63, 3.8) is 0 Å². The maximum atomic E-state index is 14.1. The second-order valence-electron chi connectivity index (χ2n) is 5.61. The number of aliphatic hydroxyl groups is 1. The van der Waals surface area contributed by atoms with Crippen molar-refractivity contribution in [2.45, 2.75) is 18.6 Å². The summed E-state index contributed by atoms with van der Waals surface area (Å²) in [7, 11) is 1.58. The van der Waals surface area contributed by atoms with Crippen LogP contribution in [0.5, 0.6) is 5.75 Å². The number of halogens is 2. The summed E-state index contributed by atoms with van der Waals surface area (Å²) in [6, 6.07) is 9.84. The molecule has 0 aliphatic rings. The Kier molecular flexibility index (Phi) is 5.04. The van der Waals surface area contributed by atoms with Crippen LogP contribution < -0.4 is 4.74 Å². The average molecular weight is 345 g/mol. The van der Waals surface area contributed by atoms with Crippen LogP contribution in [0, 0.1) is 11.6 Å². The molecule has 3 rings (SSSR count). The molecule has 3 aromatic rings. The highest BCUT2D eigenvalue weighted by molar-refractivity contribution is 5.28. The van der Waals surface area contributed by atoms with E-state index >= 15 is 0 Å². The summed E-state index contributed by atoms with van der Waals surface area (Å²) in [6.45, 7) is 0. The van der Waals surface area contributed by atoms with E-state index in [0.717, 1.165) is 17.7 Å². The molecule has 0 aliphatic heterocycles. The van der Waals surface area contributed by atoms with Gasteiger partial charge in [-0.25, -0.2) is 18.4 Å². The third-order valence-electron chi connectivity index (χ3n) is 4.03. The average Bonchev–Trinajstić information content (AvgIpc) is 3.14. The van der Waals surface area contributed by atoms with E-state index in [4.69, 9.17) is 4.74 Å². The molecule has 1 heterocycles. The Labute approximate surface area is 143 Å². The predicted octanol–water partition coefficient (Wildman–Crippen LogP) is 3.08. The zero-order chi connectivity index (χ0) is 17.8. The van der Waals surface area contributed by atoms with Crippen LogP contribution in [0.15, 0.2) is 55.1 Å². The minimum absolute atomic E-state index is 0.00964. The third-order valence-corrected chi connectivity index (χ3v) is 4.03. The van der Waals surface area contributed by atoms with Gasteiger partial charge in [-0.2, -0.15) is 5.10 Å². The van der Waals surface area contributed by atoms with Gasteiger partial charge in [-0.1, -0.05) is 18.2 Å². The van der Waals surface area contributed by atoms with Gasteiger partial charge in [0.05, 0.1) is 13.2 Å². The zero-order valence-corrected chi connectivity index (χ0v) is 13.5. The zero-order valence-electron chi connectivity index (χ0n) is 13.5. The number of hydrogen-bond donors (Lipinski definition) is 1. The number of benzene rings is 2. The first-order valence-electron chi connectivity index (χ1n) is 7.68. The first kappa shape index (κ1) is 17.0. The van der Waals surface area contributed by atoms with Gasteiger partial charge in [0, 0.05) is 11.6 Å². The maximum Gasteiger partial charge on any atom is 0.137 e. The topological polar surface area (TPSA) is 60.2 Å². The summed E-state index contributed by atoms with van der Waals surface area (Å²) in [5.41, 5.74) is 0.915. The van der Waals surface area contributed by atoms with Crippen molar-refractivity contribution in [3.8, 4) is 5.75 Å². The molecule has 2 unspecified atom stereocenters. The van der Waals surface area contributed by atoms with E-state index in [1.807, 2.05) is 12.1 Å². The van der Waals surface area contributed by atoms with Crippen molar-refractivity contribution < 1.29 is 18.6 Å².